The van der Waals surface area contributed by atoms with E-state index in [2.05, 4.69) is 5.32 Å². The van der Waals surface area contributed by atoms with Crippen LogP contribution in [-0.2, 0) is 28.9 Å². The minimum absolute atomic E-state index is 0.0621. The lowest BCUT2D eigenvalue weighted by Gasteiger charge is -2.12. The number of hydrogen-bond acceptors (Lipinski definition) is 6. The second kappa shape index (κ2) is 8.64. The Morgan fingerprint density at radius 1 is 1.34 bits per heavy atom. The maximum atomic E-state index is 13.2. The monoisotopic (exact) mass is 433 g/mol. The summed E-state index contributed by atoms with van der Waals surface area (Å²) < 4.78 is 19.8. The summed E-state index contributed by atoms with van der Waals surface area (Å²) in [7, 11) is 1.59. The van der Waals surface area contributed by atoms with Gasteiger partial charge in [-0.2, -0.15) is 0 Å². The van der Waals surface area contributed by atoms with E-state index < -0.39 is 0 Å². The number of nitrogens with one attached hydrogen (secondary N) is 1. The van der Waals surface area contributed by atoms with Crippen LogP contribution in [0, 0.1) is 5.82 Å². The molecule has 29 heavy (non-hydrogen) atoms. The van der Waals surface area contributed by atoms with E-state index in [9.17, 15) is 14.0 Å². The summed E-state index contributed by atoms with van der Waals surface area (Å²) in [6.07, 6.45) is 2.99. The Labute approximate surface area is 175 Å². The third-order valence-corrected chi connectivity index (χ3v) is 6.93. The number of halogens is 1. The van der Waals surface area contributed by atoms with Crippen LogP contribution in [0.25, 0.3) is 10.2 Å². The average Bonchev–Trinajstić information content (AvgIpc) is 3.28. The Kier molecular flexibility index (Phi) is 5.98. The molecule has 9 heteroatoms. The van der Waals surface area contributed by atoms with E-state index in [4.69, 9.17) is 9.72 Å². The number of aromatic nitrogens is 2. The summed E-state index contributed by atoms with van der Waals surface area (Å²) in [6.45, 7) is 0.763. The predicted molar refractivity (Wildman–Crippen MR) is 114 cm³/mol. The van der Waals surface area contributed by atoms with Crippen LogP contribution in [0.5, 0.6) is 0 Å². The first-order valence-corrected chi connectivity index (χ1v) is 11.1. The molecule has 0 saturated carbocycles. The number of anilines is 1. The van der Waals surface area contributed by atoms with Crippen molar-refractivity contribution in [3.05, 3.63) is 50.9 Å². The van der Waals surface area contributed by atoms with Gasteiger partial charge in [0.15, 0.2) is 5.16 Å². The molecule has 0 bridgehead atoms. The number of methoxy groups -OCH3 is 1. The highest BCUT2D eigenvalue weighted by atomic mass is 32.2. The molecule has 0 atom stereocenters. The van der Waals surface area contributed by atoms with Crippen molar-refractivity contribution in [2.24, 2.45) is 0 Å². The third-order valence-electron chi connectivity index (χ3n) is 4.77. The van der Waals surface area contributed by atoms with E-state index in [0.717, 1.165) is 35.0 Å². The van der Waals surface area contributed by atoms with Gasteiger partial charge in [0.1, 0.15) is 10.6 Å². The van der Waals surface area contributed by atoms with Crippen LogP contribution in [0.15, 0.2) is 34.2 Å². The Bertz CT molecular complexity index is 1110. The molecule has 3 aromatic rings. The van der Waals surface area contributed by atoms with Gasteiger partial charge < -0.3 is 10.1 Å². The Balaban J connectivity index is 1.57. The largest absolute Gasteiger partial charge is 0.383 e. The molecule has 0 fully saturated rings. The summed E-state index contributed by atoms with van der Waals surface area (Å²) in [4.78, 5) is 32.2. The normalized spacial score (nSPS) is 13.0. The molecule has 0 aliphatic heterocycles. The standard InChI is InChI=1S/C20H20FN3O3S2/c1-27-10-9-24-19(26)17-14-3-2-4-15(14)29-18(17)23-20(24)28-11-16(25)22-13-7-5-12(21)6-8-13/h5-8H,2-4,9-11H2,1H3,(H,22,25). The molecule has 0 radical (unpaired) electrons. The second-order valence-corrected chi connectivity index (χ2v) is 8.75. The van der Waals surface area contributed by atoms with Gasteiger partial charge in [0.25, 0.3) is 5.56 Å². The molecule has 0 unspecified atom stereocenters. The fraction of sp³-hybridized carbons (Fsp3) is 0.350. The number of nitrogens with zero attached hydrogens (tertiary/aromatic N) is 2. The molecule has 1 amide bonds. The SMILES string of the molecule is COCCn1c(SCC(=O)Nc2ccc(F)cc2)nc2sc3c(c2c1=O)CCC3. The van der Waals surface area contributed by atoms with Crippen LogP contribution in [0.4, 0.5) is 10.1 Å². The predicted octanol–water partition coefficient (Wildman–Crippen LogP) is 3.46. The molecule has 4 rings (SSSR count). The highest BCUT2D eigenvalue weighted by molar-refractivity contribution is 7.99. The first-order valence-electron chi connectivity index (χ1n) is 9.29. The van der Waals surface area contributed by atoms with Gasteiger partial charge in [0.2, 0.25) is 5.91 Å². The van der Waals surface area contributed by atoms with E-state index in [0.29, 0.717) is 24.0 Å². The molecule has 0 spiro atoms. The highest BCUT2D eigenvalue weighted by Gasteiger charge is 2.23. The number of benzene rings is 1. The van der Waals surface area contributed by atoms with Gasteiger partial charge in [0, 0.05) is 17.7 Å². The molecular weight excluding hydrogens is 413 g/mol. The Morgan fingerprint density at radius 3 is 2.90 bits per heavy atom. The minimum atomic E-state index is -0.361. The second-order valence-electron chi connectivity index (χ2n) is 6.73. The van der Waals surface area contributed by atoms with E-state index in [1.807, 2.05) is 0 Å². The summed E-state index contributed by atoms with van der Waals surface area (Å²) in [6, 6.07) is 5.58. The van der Waals surface area contributed by atoms with E-state index in [1.165, 1.54) is 40.9 Å². The summed E-state index contributed by atoms with van der Waals surface area (Å²) in [5.41, 5.74) is 1.60. The lowest BCUT2D eigenvalue weighted by Crippen LogP contribution is -2.26. The van der Waals surface area contributed by atoms with Gasteiger partial charge in [-0.05, 0) is 49.1 Å². The molecule has 2 aromatic heterocycles. The maximum Gasteiger partial charge on any atom is 0.263 e. The van der Waals surface area contributed by atoms with Crippen LogP contribution < -0.4 is 10.9 Å². The molecular formula is C20H20FN3O3S2. The number of hydrogen-bond donors (Lipinski definition) is 1. The van der Waals surface area contributed by atoms with Crippen LogP contribution in [0.1, 0.15) is 16.9 Å². The quantitative estimate of drug-likeness (QED) is 0.456. The number of rotatable bonds is 7. The van der Waals surface area contributed by atoms with E-state index >= 15 is 0 Å². The smallest absolute Gasteiger partial charge is 0.263 e. The number of thioether (sulfide) groups is 1. The molecule has 1 aliphatic rings. The number of carbonyl (C=O) groups is 1. The van der Waals surface area contributed by atoms with Crippen molar-refractivity contribution >= 4 is 44.9 Å². The molecule has 6 nitrogen and oxygen atoms in total. The summed E-state index contributed by atoms with van der Waals surface area (Å²) >= 11 is 2.79. The van der Waals surface area contributed by atoms with E-state index in [-0.39, 0.29) is 23.0 Å². The third kappa shape index (κ3) is 4.22. The molecule has 1 N–H and O–H groups in total. The van der Waals surface area contributed by atoms with E-state index in [1.54, 1.807) is 23.0 Å². The molecule has 152 valence electrons. The zero-order valence-electron chi connectivity index (χ0n) is 15.9. The zero-order chi connectivity index (χ0) is 20.4. The van der Waals surface area contributed by atoms with Gasteiger partial charge in [-0.3, -0.25) is 14.2 Å². The highest BCUT2D eigenvalue weighted by Crippen LogP contribution is 2.35. The van der Waals surface area contributed by atoms with Crippen LogP contribution in [-0.4, -0.2) is 34.9 Å². The number of amides is 1. The fourth-order valence-corrected chi connectivity index (χ4v) is 5.54. The zero-order valence-corrected chi connectivity index (χ0v) is 17.5. The Morgan fingerprint density at radius 2 is 2.14 bits per heavy atom. The topological polar surface area (TPSA) is 73.2 Å². The minimum Gasteiger partial charge on any atom is -0.383 e. The Hall–Kier alpha value is -2.23. The lowest BCUT2D eigenvalue weighted by molar-refractivity contribution is -0.113. The van der Waals surface area contributed by atoms with Crippen molar-refractivity contribution in [2.75, 3.05) is 24.8 Å². The van der Waals surface area contributed by atoms with Gasteiger partial charge in [0.05, 0.1) is 24.3 Å². The van der Waals surface area contributed by atoms with Crippen molar-refractivity contribution < 1.29 is 13.9 Å². The number of fused-ring (bicyclic) bond motifs is 3. The van der Waals surface area contributed by atoms with Crippen molar-refractivity contribution in [3.63, 3.8) is 0 Å². The average molecular weight is 434 g/mol. The van der Waals surface area contributed by atoms with Crippen molar-refractivity contribution in [2.45, 2.75) is 31.0 Å². The number of aryl methyl sites for hydroxylation is 2. The van der Waals surface area contributed by atoms with Gasteiger partial charge in [-0.15, -0.1) is 11.3 Å². The number of carbonyl (C=O) groups excluding carboxylic acids is 1. The van der Waals surface area contributed by atoms with Crippen LogP contribution in [0.2, 0.25) is 0 Å². The fourth-order valence-electron chi connectivity index (χ4n) is 3.41. The van der Waals surface area contributed by atoms with Crippen molar-refractivity contribution in [1.82, 2.24) is 9.55 Å². The summed E-state index contributed by atoms with van der Waals surface area (Å²) in [5.74, 6) is -0.518. The van der Waals surface area contributed by atoms with Crippen molar-refractivity contribution in [3.8, 4) is 0 Å². The first kappa shape index (κ1) is 20.1. The van der Waals surface area contributed by atoms with Gasteiger partial charge in [-0.1, -0.05) is 11.8 Å². The summed E-state index contributed by atoms with van der Waals surface area (Å²) in [5, 5.41) is 3.95. The maximum absolute atomic E-state index is 13.2. The van der Waals surface area contributed by atoms with Crippen LogP contribution >= 0.6 is 23.1 Å². The lowest BCUT2D eigenvalue weighted by atomic mass is 10.2. The number of ether oxygens (including phenoxy) is 1. The van der Waals surface area contributed by atoms with Gasteiger partial charge in [-0.25, -0.2) is 9.37 Å². The first-order chi connectivity index (χ1) is 14.1. The molecule has 1 aliphatic carbocycles. The van der Waals surface area contributed by atoms with Crippen molar-refractivity contribution in [1.29, 1.82) is 0 Å². The molecule has 2 heterocycles. The van der Waals surface area contributed by atoms with Gasteiger partial charge >= 0.3 is 0 Å². The molecule has 0 saturated heterocycles. The molecule has 1 aromatic carbocycles. The number of thiophene rings is 1. The van der Waals surface area contributed by atoms with Crippen LogP contribution in [0.3, 0.4) is 0 Å².